The maximum atomic E-state index is 12.5. The normalized spacial score (nSPS) is 15.3. The minimum Gasteiger partial charge on any atom is -0.454 e. The lowest BCUT2D eigenvalue weighted by atomic mass is 9.89. The number of fused-ring (bicyclic) bond motifs is 1. The van der Waals surface area contributed by atoms with Gasteiger partial charge in [-0.2, -0.15) is 0 Å². The zero-order valence-electron chi connectivity index (χ0n) is 21.3. The minimum atomic E-state index is -0.226. The van der Waals surface area contributed by atoms with E-state index in [9.17, 15) is 9.59 Å². The lowest BCUT2D eigenvalue weighted by Gasteiger charge is -2.32. The Morgan fingerprint density at radius 3 is 2.29 bits per heavy atom. The number of nitrogens with one attached hydrogen (secondary N) is 2. The molecule has 0 unspecified atom stereocenters. The fraction of sp³-hybridized carbons (Fsp3) is 0.333. The van der Waals surface area contributed by atoms with Gasteiger partial charge in [0.15, 0.2) is 11.5 Å². The van der Waals surface area contributed by atoms with Crippen molar-refractivity contribution in [2.24, 2.45) is 0 Å². The molecule has 1 fully saturated rings. The Bertz CT molecular complexity index is 1260. The monoisotopic (exact) mass is 533 g/mol. The predicted octanol–water partition coefficient (Wildman–Crippen LogP) is 5.71. The lowest BCUT2D eigenvalue weighted by molar-refractivity contribution is 0.0951. The number of nitrogens with zero attached hydrogens (tertiary/aromatic N) is 1. The number of likely N-dealkylation sites (tertiary alicyclic amines) is 1. The van der Waals surface area contributed by atoms with E-state index < -0.39 is 0 Å². The Kier molecular flexibility index (Phi) is 8.46. The van der Waals surface area contributed by atoms with Crippen LogP contribution in [0, 0.1) is 0 Å². The first-order chi connectivity index (χ1) is 18.5. The van der Waals surface area contributed by atoms with Gasteiger partial charge in [-0.3, -0.25) is 9.59 Å². The van der Waals surface area contributed by atoms with E-state index in [0.717, 1.165) is 56.8 Å². The fourth-order valence-corrected chi connectivity index (χ4v) is 5.06. The predicted molar refractivity (Wildman–Crippen MR) is 148 cm³/mol. The van der Waals surface area contributed by atoms with Crippen LogP contribution in [0.3, 0.4) is 0 Å². The third-order valence-electron chi connectivity index (χ3n) is 7.15. The molecule has 198 valence electrons. The van der Waals surface area contributed by atoms with Crippen molar-refractivity contribution in [3.8, 4) is 11.5 Å². The molecule has 0 radical (unpaired) electrons. The first-order valence-electron chi connectivity index (χ1n) is 13.1. The van der Waals surface area contributed by atoms with Crippen LogP contribution in [0.4, 0.5) is 5.69 Å². The van der Waals surface area contributed by atoms with Crippen molar-refractivity contribution in [3.05, 3.63) is 88.4 Å². The number of piperidine rings is 1. The van der Waals surface area contributed by atoms with Gasteiger partial charge < -0.3 is 25.0 Å². The van der Waals surface area contributed by atoms with E-state index in [1.807, 2.05) is 6.07 Å². The quantitative estimate of drug-likeness (QED) is 0.344. The number of amides is 2. The summed E-state index contributed by atoms with van der Waals surface area (Å²) in [5, 5.41) is 6.40. The molecule has 0 aromatic heterocycles. The van der Waals surface area contributed by atoms with Gasteiger partial charge in [0.1, 0.15) is 0 Å². The Morgan fingerprint density at radius 2 is 1.53 bits per heavy atom. The number of hydrogen-bond donors (Lipinski definition) is 2. The fourth-order valence-electron chi connectivity index (χ4n) is 4.93. The molecule has 5 rings (SSSR count). The summed E-state index contributed by atoms with van der Waals surface area (Å²) in [6.45, 7) is 4.18. The molecule has 3 aromatic carbocycles. The molecule has 7 nitrogen and oxygen atoms in total. The van der Waals surface area contributed by atoms with Crippen LogP contribution in [0.15, 0.2) is 66.7 Å². The minimum absolute atomic E-state index is 0.106. The number of unbranched alkanes of at least 4 members (excludes halogenated alkanes) is 1. The van der Waals surface area contributed by atoms with E-state index in [-0.39, 0.29) is 11.8 Å². The number of carbonyl (C=O) groups excluding carboxylic acids is 2. The summed E-state index contributed by atoms with van der Waals surface area (Å²) in [5.74, 6) is 1.94. The van der Waals surface area contributed by atoms with Gasteiger partial charge in [-0.05, 0) is 117 Å². The summed E-state index contributed by atoms with van der Waals surface area (Å²) < 4.78 is 11.0. The first kappa shape index (κ1) is 26.1. The number of carbonyl (C=O) groups is 2. The molecule has 0 saturated carbocycles. The van der Waals surface area contributed by atoms with Crippen molar-refractivity contribution in [2.45, 2.75) is 31.6 Å². The van der Waals surface area contributed by atoms with Crippen LogP contribution in [-0.4, -0.2) is 49.7 Å². The molecule has 0 aliphatic carbocycles. The second-order valence-electron chi connectivity index (χ2n) is 9.73. The molecule has 2 heterocycles. The molecule has 2 aliphatic rings. The van der Waals surface area contributed by atoms with E-state index in [2.05, 4.69) is 27.7 Å². The maximum Gasteiger partial charge on any atom is 0.255 e. The molecule has 38 heavy (non-hydrogen) atoms. The van der Waals surface area contributed by atoms with Crippen LogP contribution >= 0.6 is 11.6 Å². The highest BCUT2D eigenvalue weighted by Gasteiger charge is 2.22. The first-order valence-corrected chi connectivity index (χ1v) is 13.5. The number of hydrogen-bond acceptors (Lipinski definition) is 5. The number of ether oxygens (including phenoxy) is 2. The van der Waals surface area contributed by atoms with Crippen LogP contribution in [0.25, 0.3) is 0 Å². The number of benzene rings is 3. The van der Waals surface area contributed by atoms with Crippen molar-refractivity contribution in [1.82, 2.24) is 10.2 Å². The van der Waals surface area contributed by atoms with Gasteiger partial charge in [0.2, 0.25) is 6.79 Å². The maximum absolute atomic E-state index is 12.5. The molecule has 8 heteroatoms. The van der Waals surface area contributed by atoms with E-state index >= 15 is 0 Å². The number of halogens is 1. The topological polar surface area (TPSA) is 79.9 Å². The van der Waals surface area contributed by atoms with Crippen molar-refractivity contribution in [3.63, 3.8) is 0 Å². The van der Waals surface area contributed by atoms with Gasteiger partial charge in [0, 0.05) is 28.4 Å². The largest absolute Gasteiger partial charge is 0.454 e. The molecular formula is C30H32ClN3O4. The Labute approximate surface area is 228 Å². The van der Waals surface area contributed by atoms with E-state index in [1.54, 1.807) is 48.5 Å². The van der Waals surface area contributed by atoms with E-state index in [1.165, 1.54) is 5.56 Å². The number of rotatable bonds is 9. The van der Waals surface area contributed by atoms with Gasteiger partial charge >= 0.3 is 0 Å². The lowest BCUT2D eigenvalue weighted by Crippen LogP contribution is -2.34. The van der Waals surface area contributed by atoms with Crippen molar-refractivity contribution < 1.29 is 19.1 Å². The van der Waals surface area contributed by atoms with Crippen molar-refractivity contribution >= 4 is 29.1 Å². The number of anilines is 1. The molecule has 2 N–H and O–H groups in total. The highest BCUT2D eigenvalue weighted by molar-refractivity contribution is 6.30. The molecule has 1 saturated heterocycles. The summed E-state index contributed by atoms with van der Waals surface area (Å²) in [5.41, 5.74) is 3.06. The Morgan fingerprint density at radius 1 is 0.842 bits per heavy atom. The average molecular weight is 534 g/mol. The van der Waals surface area contributed by atoms with Gasteiger partial charge in [-0.1, -0.05) is 17.7 Å². The van der Waals surface area contributed by atoms with Crippen LogP contribution < -0.4 is 20.1 Å². The molecule has 0 bridgehead atoms. The Balaban J connectivity index is 0.975. The van der Waals surface area contributed by atoms with Gasteiger partial charge in [-0.25, -0.2) is 0 Å². The SMILES string of the molecule is O=C(NCCCCN1CCC(c2ccc3c(c2)OCO3)CC1)c1ccc(NC(=O)c2ccc(Cl)cc2)cc1. The van der Waals surface area contributed by atoms with Crippen molar-refractivity contribution in [2.75, 3.05) is 38.3 Å². The molecule has 0 spiro atoms. The third kappa shape index (κ3) is 6.65. The standard InChI is InChI=1S/C30H32ClN3O4/c31-25-8-3-23(4-9-25)30(36)33-26-10-5-22(6-11-26)29(35)32-15-1-2-16-34-17-13-21(14-18-34)24-7-12-27-28(19-24)38-20-37-27/h3-12,19,21H,1-2,13-18,20H2,(H,32,35)(H,33,36). The smallest absolute Gasteiger partial charge is 0.255 e. The zero-order valence-corrected chi connectivity index (χ0v) is 22.0. The van der Waals surface area contributed by atoms with Gasteiger partial charge in [0.25, 0.3) is 11.8 Å². The third-order valence-corrected chi connectivity index (χ3v) is 7.41. The van der Waals surface area contributed by atoms with Gasteiger partial charge in [0.05, 0.1) is 0 Å². The summed E-state index contributed by atoms with van der Waals surface area (Å²) in [4.78, 5) is 27.3. The summed E-state index contributed by atoms with van der Waals surface area (Å²) >= 11 is 5.87. The van der Waals surface area contributed by atoms with Crippen LogP contribution in [0.1, 0.15) is 57.9 Å². The Hall–Kier alpha value is -3.55. The summed E-state index contributed by atoms with van der Waals surface area (Å²) in [7, 11) is 0. The molecule has 2 amide bonds. The molecule has 3 aromatic rings. The van der Waals surface area contributed by atoms with E-state index in [4.69, 9.17) is 21.1 Å². The molecular weight excluding hydrogens is 502 g/mol. The molecule has 0 atom stereocenters. The summed E-state index contributed by atoms with van der Waals surface area (Å²) in [6.07, 6.45) is 4.27. The highest BCUT2D eigenvalue weighted by Crippen LogP contribution is 2.37. The second-order valence-corrected chi connectivity index (χ2v) is 10.2. The van der Waals surface area contributed by atoms with Crippen LogP contribution in [0.2, 0.25) is 5.02 Å². The average Bonchev–Trinajstić information content (AvgIpc) is 3.42. The van der Waals surface area contributed by atoms with Gasteiger partial charge in [-0.15, -0.1) is 0 Å². The van der Waals surface area contributed by atoms with Crippen molar-refractivity contribution in [1.29, 1.82) is 0 Å². The van der Waals surface area contributed by atoms with Crippen LogP contribution in [-0.2, 0) is 0 Å². The second kappa shape index (κ2) is 12.3. The zero-order chi connectivity index (χ0) is 26.3. The summed E-state index contributed by atoms with van der Waals surface area (Å²) in [6, 6.07) is 19.9. The molecule has 2 aliphatic heterocycles. The highest BCUT2D eigenvalue weighted by atomic mass is 35.5. The van der Waals surface area contributed by atoms with Crippen LogP contribution in [0.5, 0.6) is 11.5 Å². The van der Waals surface area contributed by atoms with E-state index in [0.29, 0.717) is 41.1 Å².